The van der Waals surface area contributed by atoms with E-state index in [2.05, 4.69) is 0 Å². The zero-order chi connectivity index (χ0) is 16.2. The summed E-state index contributed by atoms with van der Waals surface area (Å²) in [6.45, 7) is 11.4. The first-order chi connectivity index (χ1) is 8.84. The monoisotopic (exact) mass is 326 g/mol. The van der Waals surface area contributed by atoms with Crippen LogP contribution in [0.25, 0.3) is 0 Å². The van der Waals surface area contributed by atoms with Crippen LogP contribution >= 0.6 is 10.3 Å². The maximum absolute atomic E-state index is 12.1. The normalized spacial score (nSPS) is 17.8. The summed E-state index contributed by atoms with van der Waals surface area (Å²) in [5, 5.41) is 0. The molecule has 1 atom stereocenters. The number of ketones is 1. The van der Waals surface area contributed by atoms with Gasteiger partial charge < -0.3 is 0 Å². The highest BCUT2D eigenvalue weighted by molar-refractivity contribution is 8.33. The van der Waals surface area contributed by atoms with Gasteiger partial charge in [-0.05, 0) is 12.7 Å². The van der Waals surface area contributed by atoms with Crippen molar-refractivity contribution in [3.63, 3.8) is 0 Å². The lowest BCUT2D eigenvalue weighted by Crippen LogP contribution is -2.34. The third kappa shape index (κ3) is 6.14. The van der Waals surface area contributed by atoms with Crippen LogP contribution in [0.2, 0.25) is 0 Å². The third-order valence-electron chi connectivity index (χ3n) is 3.36. The molecule has 0 saturated heterocycles. The molecule has 0 aliphatic rings. The van der Waals surface area contributed by atoms with Crippen molar-refractivity contribution in [3.05, 3.63) is 0 Å². The summed E-state index contributed by atoms with van der Waals surface area (Å²) >= 11 is 0. The first kappa shape index (κ1) is 19.9. The third-order valence-corrected chi connectivity index (χ3v) is 9.60. The van der Waals surface area contributed by atoms with Crippen LogP contribution in [-0.4, -0.2) is 36.7 Å². The minimum Gasteiger partial charge on any atom is -0.298 e. The second-order valence-electron chi connectivity index (χ2n) is 6.57. The standard InChI is InChI=1S/C14H30O4S2/c1-8-9-10-20(16,17)18-19(7,14(4,5)6)11-13(15)12(2)3/h12H,8-11H2,1-7H3. The largest absolute Gasteiger partial charge is 0.298 e. The van der Waals surface area contributed by atoms with E-state index in [-0.39, 0.29) is 28.0 Å². The van der Waals surface area contributed by atoms with Crippen LogP contribution in [0.3, 0.4) is 0 Å². The minimum atomic E-state index is -3.57. The van der Waals surface area contributed by atoms with Crippen LogP contribution < -0.4 is 0 Å². The van der Waals surface area contributed by atoms with Crippen molar-refractivity contribution in [2.24, 2.45) is 5.92 Å². The molecule has 0 aromatic carbocycles. The molecular formula is C14H30O4S2. The molecule has 0 spiro atoms. The lowest BCUT2D eigenvalue weighted by Gasteiger charge is -2.45. The second-order valence-corrected chi connectivity index (χ2v) is 12.2. The molecule has 6 heteroatoms. The summed E-state index contributed by atoms with van der Waals surface area (Å²) in [5.74, 6) is 0.173. The van der Waals surface area contributed by atoms with E-state index in [0.29, 0.717) is 6.42 Å². The summed E-state index contributed by atoms with van der Waals surface area (Å²) in [6.07, 6.45) is 3.19. The maximum atomic E-state index is 12.1. The number of rotatable bonds is 8. The molecule has 0 N–H and O–H groups in total. The van der Waals surface area contributed by atoms with Gasteiger partial charge >= 0.3 is 0 Å². The summed E-state index contributed by atoms with van der Waals surface area (Å²) < 4.78 is 29.4. The van der Waals surface area contributed by atoms with E-state index in [1.165, 1.54) is 0 Å². The van der Waals surface area contributed by atoms with Crippen LogP contribution in [0.15, 0.2) is 0 Å². The molecule has 0 aromatic rings. The number of carbonyl (C=O) groups is 1. The Hall–Kier alpha value is -0.0700. The van der Waals surface area contributed by atoms with Crippen molar-refractivity contribution >= 4 is 26.2 Å². The molecule has 0 saturated carbocycles. The first-order valence-electron chi connectivity index (χ1n) is 7.06. The van der Waals surface area contributed by atoms with Gasteiger partial charge in [-0.15, -0.1) is 10.3 Å². The van der Waals surface area contributed by atoms with Gasteiger partial charge in [0.05, 0.1) is 11.5 Å². The van der Waals surface area contributed by atoms with Crippen molar-refractivity contribution in [2.45, 2.75) is 59.1 Å². The Morgan fingerprint density at radius 3 is 2.05 bits per heavy atom. The molecule has 0 rings (SSSR count). The topological polar surface area (TPSA) is 60.4 Å². The van der Waals surface area contributed by atoms with E-state index in [1.54, 1.807) is 6.26 Å². The van der Waals surface area contributed by atoms with Crippen LogP contribution in [0.5, 0.6) is 0 Å². The molecule has 0 heterocycles. The second kappa shape index (κ2) is 7.27. The summed E-state index contributed by atoms with van der Waals surface area (Å²) in [5.41, 5.74) is 0. The molecule has 0 bridgehead atoms. The average Bonchev–Trinajstić information content (AvgIpc) is 2.23. The van der Waals surface area contributed by atoms with Crippen LogP contribution in [0.1, 0.15) is 54.4 Å². The van der Waals surface area contributed by atoms with Gasteiger partial charge in [-0.25, -0.2) is 3.63 Å². The Labute approximate surface area is 126 Å². The fourth-order valence-corrected chi connectivity index (χ4v) is 6.43. The highest BCUT2D eigenvalue weighted by atomic mass is 32.3. The lowest BCUT2D eigenvalue weighted by atomic mass is 10.1. The van der Waals surface area contributed by atoms with Gasteiger partial charge in [0.25, 0.3) is 10.1 Å². The van der Waals surface area contributed by atoms with E-state index in [1.807, 2.05) is 41.5 Å². The average molecular weight is 327 g/mol. The van der Waals surface area contributed by atoms with Crippen molar-refractivity contribution in [3.8, 4) is 0 Å². The van der Waals surface area contributed by atoms with E-state index in [4.69, 9.17) is 3.63 Å². The number of hydrogen-bond donors (Lipinski definition) is 0. The van der Waals surface area contributed by atoms with E-state index in [0.717, 1.165) is 6.42 Å². The quantitative estimate of drug-likeness (QED) is 0.685. The van der Waals surface area contributed by atoms with Gasteiger partial charge in [0.1, 0.15) is 5.78 Å². The summed E-state index contributed by atoms with van der Waals surface area (Å²) in [4.78, 5) is 12.1. The Morgan fingerprint density at radius 1 is 1.20 bits per heavy atom. The van der Waals surface area contributed by atoms with Gasteiger partial charge in [-0.1, -0.05) is 48.0 Å². The fourth-order valence-electron chi connectivity index (χ4n) is 1.36. The molecule has 0 fully saturated rings. The number of carbonyl (C=O) groups excluding carboxylic acids is 1. The van der Waals surface area contributed by atoms with Crippen molar-refractivity contribution in [1.82, 2.24) is 0 Å². The zero-order valence-electron chi connectivity index (χ0n) is 13.9. The van der Waals surface area contributed by atoms with Crippen molar-refractivity contribution < 1.29 is 16.8 Å². The van der Waals surface area contributed by atoms with E-state index < -0.39 is 20.4 Å². The molecular weight excluding hydrogens is 296 g/mol. The Bertz CT molecular complexity index is 421. The molecule has 0 amide bonds. The number of hydrogen-bond acceptors (Lipinski definition) is 4. The van der Waals surface area contributed by atoms with Crippen LogP contribution in [0, 0.1) is 5.92 Å². The molecule has 122 valence electrons. The SMILES string of the molecule is CCCCS(=O)(=O)OS(C)(CC(=O)C(C)C)C(C)(C)C. The number of unbranched alkanes of at least 4 members (excludes halogenated alkanes) is 1. The Balaban J connectivity index is 5.22. The molecule has 0 radical (unpaired) electrons. The molecule has 4 nitrogen and oxygen atoms in total. The maximum Gasteiger partial charge on any atom is 0.276 e. The predicted octanol–water partition coefficient (Wildman–Crippen LogP) is 3.51. The van der Waals surface area contributed by atoms with Gasteiger partial charge in [-0.3, -0.25) is 4.79 Å². The van der Waals surface area contributed by atoms with Gasteiger partial charge in [0.2, 0.25) is 0 Å². The van der Waals surface area contributed by atoms with E-state index >= 15 is 0 Å². The van der Waals surface area contributed by atoms with Crippen molar-refractivity contribution in [1.29, 1.82) is 0 Å². The van der Waals surface area contributed by atoms with Gasteiger partial charge in [-0.2, -0.15) is 8.42 Å². The molecule has 0 aliphatic heterocycles. The summed E-state index contributed by atoms with van der Waals surface area (Å²) in [7, 11) is -5.60. The highest BCUT2D eigenvalue weighted by Crippen LogP contribution is 2.58. The van der Waals surface area contributed by atoms with Crippen LogP contribution in [-0.2, 0) is 18.5 Å². The lowest BCUT2D eigenvalue weighted by molar-refractivity contribution is -0.119. The zero-order valence-corrected chi connectivity index (χ0v) is 15.5. The van der Waals surface area contributed by atoms with Gasteiger partial charge in [0.15, 0.2) is 0 Å². The van der Waals surface area contributed by atoms with Crippen molar-refractivity contribution in [2.75, 3.05) is 17.8 Å². The molecule has 1 unspecified atom stereocenters. The predicted molar refractivity (Wildman–Crippen MR) is 87.8 cm³/mol. The first-order valence-corrected chi connectivity index (χ1v) is 10.8. The smallest absolute Gasteiger partial charge is 0.276 e. The minimum absolute atomic E-state index is 0.0258. The summed E-state index contributed by atoms with van der Waals surface area (Å²) in [6, 6.07) is 0. The van der Waals surface area contributed by atoms with Gasteiger partial charge in [0, 0.05) is 10.7 Å². The Morgan fingerprint density at radius 2 is 1.70 bits per heavy atom. The number of Topliss-reactive ketones (excluding diaryl/α,β-unsaturated/α-hetero) is 1. The van der Waals surface area contributed by atoms with Crippen LogP contribution in [0.4, 0.5) is 0 Å². The van der Waals surface area contributed by atoms with E-state index in [9.17, 15) is 13.2 Å². The fraction of sp³-hybridized carbons (Fsp3) is 0.929. The Kier molecular flexibility index (Phi) is 7.25. The molecule has 0 aliphatic carbocycles. The molecule has 0 aromatic heterocycles. The molecule has 20 heavy (non-hydrogen) atoms. The highest BCUT2D eigenvalue weighted by Gasteiger charge is 2.39.